The van der Waals surface area contributed by atoms with E-state index in [-0.39, 0.29) is 5.09 Å². The highest BCUT2D eigenvalue weighted by Gasteiger charge is 2.25. The first-order valence-corrected chi connectivity index (χ1v) is 7.40. The van der Waals surface area contributed by atoms with Gasteiger partial charge in [0.2, 0.25) is 5.09 Å². The number of hydrogen-bond acceptors (Lipinski definition) is 5. The molecule has 1 amide bonds. The van der Waals surface area contributed by atoms with Crippen LogP contribution in [-0.2, 0) is 14.8 Å². The zero-order valence-electron chi connectivity index (χ0n) is 11.3. The van der Waals surface area contributed by atoms with Crippen molar-refractivity contribution in [3.05, 3.63) is 30.3 Å². The number of benzene rings is 1. The van der Waals surface area contributed by atoms with Crippen molar-refractivity contribution in [3.63, 3.8) is 0 Å². The van der Waals surface area contributed by atoms with Crippen LogP contribution in [0.4, 0.5) is 4.79 Å². The van der Waals surface area contributed by atoms with E-state index in [9.17, 15) is 13.2 Å². The number of fused-ring (bicyclic) bond motifs is 1. The average Bonchev–Trinajstić information content (AvgIpc) is 2.69. The molecular weight excluding hydrogens is 282 g/mol. The van der Waals surface area contributed by atoms with Gasteiger partial charge < -0.3 is 9.15 Å². The zero-order chi connectivity index (χ0) is 15.0. The summed E-state index contributed by atoms with van der Waals surface area (Å²) in [5, 5.41) is 0.307. The first-order chi connectivity index (χ1) is 9.17. The van der Waals surface area contributed by atoms with Crippen LogP contribution < -0.4 is 4.72 Å². The molecule has 2 aromatic rings. The van der Waals surface area contributed by atoms with Crippen LogP contribution in [0, 0.1) is 0 Å². The minimum Gasteiger partial charge on any atom is -0.443 e. The summed E-state index contributed by atoms with van der Waals surface area (Å²) in [6, 6.07) is 8.19. The normalized spacial score (nSPS) is 12.3. The molecule has 6 nitrogen and oxygen atoms in total. The van der Waals surface area contributed by atoms with E-state index in [0.29, 0.717) is 11.0 Å². The molecule has 0 aliphatic carbocycles. The second-order valence-electron chi connectivity index (χ2n) is 5.21. The molecule has 0 atom stereocenters. The number of furan rings is 1. The Balaban J connectivity index is 2.24. The number of nitrogens with one attached hydrogen (secondary N) is 1. The summed E-state index contributed by atoms with van der Waals surface area (Å²) in [5.74, 6) is 0. The van der Waals surface area contributed by atoms with Crippen LogP contribution in [-0.4, -0.2) is 20.1 Å². The summed E-state index contributed by atoms with van der Waals surface area (Å²) in [5.41, 5.74) is -0.356. The number of ether oxygens (including phenoxy) is 1. The van der Waals surface area contributed by atoms with Crippen molar-refractivity contribution < 1.29 is 22.4 Å². The Morgan fingerprint density at radius 1 is 1.25 bits per heavy atom. The SMILES string of the molecule is CC(C)(C)OC(=O)NS(=O)(=O)c1cc2ccccc2o1. The minimum absolute atomic E-state index is 0.329. The van der Waals surface area contributed by atoms with Crippen LogP contribution in [0.3, 0.4) is 0 Å². The van der Waals surface area contributed by atoms with Crippen molar-refractivity contribution in [2.24, 2.45) is 0 Å². The van der Waals surface area contributed by atoms with Crippen molar-refractivity contribution in [3.8, 4) is 0 Å². The zero-order valence-corrected chi connectivity index (χ0v) is 12.2. The molecule has 0 saturated carbocycles. The van der Waals surface area contributed by atoms with Crippen LogP contribution in [0.25, 0.3) is 11.0 Å². The Hall–Kier alpha value is -2.02. The third kappa shape index (κ3) is 3.30. The summed E-state index contributed by atoms with van der Waals surface area (Å²) >= 11 is 0. The maximum atomic E-state index is 12.0. The van der Waals surface area contributed by atoms with Crippen LogP contribution >= 0.6 is 0 Å². The van der Waals surface area contributed by atoms with E-state index in [1.165, 1.54) is 6.07 Å². The molecule has 1 aromatic carbocycles. The lowest BCUT2D eigenvalue weighted by Crippen LogP contribution is -2.36. The van der Waals surface area contributed by atoms with E-state index >= 15 is 0 Å². The first kappa shape index (κ1) is 14.4. The number of amides is 1. The fourth-order valence-corrected chi connectivity index (χ4v) is 2.39. The van der Waals surface area contributed by atoms with E-state index in [1.54, 1.807) is 45.0 Å². The smallest absolute Gasteiger partial charge is 0.421 e. The van der Waals surface area contributed by atoms with Gasteiger partial charge in [0.05, 0.1) is 0 Å². The Bertz CT molecular complexity index is 706. The Labute approximate surface area is 116 Å². The third-order valence-corrected chi connectivity index (χ3v) is 3.45. The molecule has 0 bridgehead atoms. The van der Waals surface area contributed by atoms with Gasteiger partial charge in [0.15, 0.2) is 0 Å². The molecular formula is C13H15NO5S. The molecule has 0 fully saturated rings. The first-order valence-electron chi connectivity index (χ1n) is 5.92. The van der Waals surface area contributed by atoms with Crippen molar-refractivity contribution in [1.29, 1.82) is 0 Å². The third-order valence-electron chi connectivity index (χ3n) is 2.28. The van der Waals surface area contributed by atoms with Gasteiger partial charge in [-0.1, -0.05) is 18.2 Å². The summed E-state index contributed by atoms with van der Waals surface area (Å²) in [4.78, 5) is 11.5. The molecule has 2 rings (SSSR count). The van der Waals surface area contributed by atoms with Crippen molar-refractivity contribution in [1.82, 2.24) is 4.72 Å². The lowest BCUT2D eigenvalue weighted by molar-refractivity contribution is 0.0569. The van der Waals surface area contributed by atoms with Crippen LogP contribution in [0.1, 0.15) is 20.8 Å². The second kappa shape index (κ2) is 4.82. The number of hydrogen-bond donors (Lipinski definition) is 1. The predicted molar refractivity (Wildman–Crippen MR) is 72.8 cm³/mol. The average molecular weight is 297 g/mol. The maximum Gasteiger partial charge on any atom is 0.421 e. The molecule has 108 valence electrons. The Kier molecular flexibility index (Phi) is 3.47. The fraction of sp³-hybridized carbons (Fsp3) is 0.308. The molecule has 1 aromatic heterocycles. The molecule has 0 spiro atoms. The summed E-state index contributed by atoms with van der Waals surface area (Å²) in [7, 11) is -4.08. The monoisotopic (exact) mass is 297 g/mol. The number of rotatable bonds is 2. The highest BCUT2D eigenvalue weighted by Crippen LogP contribution is 2.22. The Morgan fingerprint density at radius 3 is 2.50 bits per heavy atom. The van der Waals surface area contributed by atoms with Crippen molar-refractivity contribution in [2.75, 3.05) is 0 Å². The van der Waals surface area contributed by atoms with Crippen LogP contribution in [0.5, 0.6) is 0 Å². The maximum absolute atomic E-state index is 12.0. The molecule has 0 unspecified atom stereocenters. The molecule has 20 heavy (non-hydrogen) atoms. The van der Waals surface area contributed by atoms with Gasteiger partial charge in [0.25, 0.3) is 10.0 Å². The predicted octanol–water partition coefficient (Wildman–Crippen LogP) is 2.65. The topological polar surface area (TPSA) is 85.6 Å². The molecule has 0 saturated heterocycles. The van der Waals surface area contributed by atoms with Gasteiger partial charge in [-0.05, 0) is 26.8 Å². The van der Waals surface area contributed by atoms with E-state index < -0.39 is 21.7 Å². The fourth-order valence-electron chi connectivity index (χ4n) is 1.55. The molecule has 7 heteroatoms. The highest BCUT2D eigenvalue weighted by atomic mass is 32.2. The molecule has 0 aliphatic rings. The van der Waals surface area contributed by atoms with Gasteiger partial charge in [-0.3, -0.25) is 0 Å². The van der Waals surface area contributed by atoms with Gasteiger partial charge in [0, 0.05) is 11.5 Å². The highest BCUT2D eigenvalue weighted by molar-refractivity contribution is 7.89. The number of carbonyl (C=O) groups excluding carboxylic acids is 1. The van der Waals surface area contributed by atoms with Gasteiger partial charge >= 0.3 is 6.09 Å². The number of sulfonamides is 1. The molecule has 0 radical (unpaired) electrons. The summed E-state index contributed by atoms with van der Waals surface area (Å²) in [6.07, 6.45) is -1.04. The van der Waals surface area contributed by atoms with E-state index in [0.717, 1.165) is 0 Å². The van der Waals surface area contributed by atoms with Gasteiger partial charge in [-0.2, -0.15) is 8.42 Å². The van der Waals surface area contributed by atoms with Crippen molar-refractivity contribution >= 4 is 27.1 Å². The van der Waals surface area contributed by atoms with E-state index in [2.05, 4.69) is 0 Å². The van der Waals surface area contributed by atoms with Crippen molar-refractivity contribution in [2.45, 2.75) is 31.5 Å². The van der Waals surface area contributed by atoms with Crippen LogP contribution in [0.2, 0.25) is 0 Å². The second-order valence-corrected chi connectivity index (χ2v) is 6.82. The van der Waals surface area contributed by atoms with Gasteiger partial charge in [-0.15, -0.1) is 0 Å². The summed E-state index contributed by atoms with van der Waals surface area (Å²) < 4.78 is 35.9. The number of carbonyl (C=O) groups is 1. The number of para-hydroxylation sites is 1. The van der Waals surface area contributed by atoms with E-state index in [1.807, 2.05) is 4.72 Å². The lowest BCUT2D eigenvalue weighted by atomic mass is 10.2. The minimum atomic E-state index is -4.08. The standard InChI is InChI=1S/C13H15NO5S/c1-13(2,3)19-12(15)14-20(16,17)11-8-9-6-4-5-7-10(9)18-11/h4-8H,1-3H3,(H,14,15). The van der Waals surface area contributed by atoms with Crippen LogP contribution in [0.15, 0.2) is 39.8 Å². The quantitative estimate of drug-likeness (QED) is 0.921. The molecule has 1 N–H and O–H groups in total. The lowest BCUT2D eigenvalue weighted by Gasteiger charge is -2.19. The van der Waals surface area contributed by atoms with Gasteiger partial charge in [0.1, 0.15) is 11.2 Å². The summed E-state index contributed by atoms with van der Waals surface area (Å²) in [6.45, 7) is 4.92. The van der Waals surface area contributed by atoms with E-state index in [4.69, 9.17) is 9.15 Å². The Morgan fingerprint density at radius 2 is 1.90 bits per heavy atom. The molecule has 0 aliphatic heterocycles. The molecule has 1 heterocycles. The largest absolute Gasteiger partial charge is 0.443 e. The van der Waals surface area contributed by atoms with Gasteiger partial charge in [-0.25, -0.2) is 9.52 Å².